The molecule has 0 saturated carbocycles. The van der Waals surface area contributed by atoms with E-state index in [1.807, 2.05) is 6.92 Å². The fourth-order valence-corrected chi connectivity index (χ4v) is 4.59. The Balaban J connectivity index is 1.62. The number of esters is 1. The fraction of sp³-hybridized carbons (Fsp3) is 0.846. The van der Waals surface area contributed by atoms with E-state index in [-0.39, 0.29) is 30.5 Å². The minimum absolute atomic E-state index is 0.0160. The lowest BCUT2D eigenvalue weighted by Gasteiger charge is -2.38. The zero-order chi connectivity index (χ0) is 26.0. The summed E-state index contributed by atoms with van der Waals surface area (Å²) in [6.45, 7) is 6.07. The summed E-state index contributed by atoms with van der Waals surface area (Å²) in [7, 11) is 0. The topological polar surface area (TPSA) is 146 Å². The molecule has 202 valence electrons. The third-order valence-electron chi connectivity index (χ3n) is 7.09. The highest BCUT2D eigenvalue weighted by atomic mass is 16.6. The third-order valence-corrected chi connectivity index (χ3v) is 7.09. The molecule has 0 aromatic carbocycles. The number of ether oxygens (including phenoxy) is 3. The Morgan fingerprint density at radius 2 is 1.69 bits per heavy atom. The van der Waals surface area contributed by atoms with Crippen molar-refractivity contribution in [2.75, 3.05) is 13.2 Å². The molecule has 2 fully saturated rings. The van der Waals surface area contributed by atoms with Crippen molar-refractivity contribution in [3.8, 4) is 0 Å². The molecule has 0 radical (unpaired) electrons. The molecule has 2 heterocycles. The van der Waals surface area contributed by atoms with Crippen molar-refractivity contribution in [3.05, 3.63) is 11.6 Å². The summed E-state index contributed by atoms with van der Waals surface area (Å²) in [5, 5.41) is 39.5. The van der Waals surface area contributed by atoms with Crippen LogP contribution < -0.4 is 0 Å². The number of epoxide rings is 1. The number of carbonyl (C=O) groups is 2. The summed E-state index contributed by atoms with van der Waals surface area (Å²) >= 11 is 0. The monoisotopic (exact) mass is 500 g/mol. The van der Waals surface area contributed by atoms with E-state index in [2.05, 4.69) is 0 Å². The summed E-state index contributed by atoms with van der Waals surface area (Å²) in [4.78, 5) is 22.5. The van der Waals surface area contributed by atoms with Crippen LogP contribution in [0.4, 0.5) is 0 Å². The second-order valence-corrected chi connectivity index (χ2v) is 10.2. The van der Waals surface area contributed by atoms with Gasteiger partial charge in [0.25, 0.3) is 0 Å². The highest BCUT2D eigenvalue weighted by molar-refractivity contribution is 5.82. The van der Waals surface area contributed by atoms with Crippen molar-refractivity contribution in [1.82, 2.24) is 0 Å². The van der Waals surface area contributed by atoms with Crippen molar-refractivity contribution in [1.29, 1.82) is 0 Å². The Labute approximate surface area is 208 Å². The molecule has 0 bridgehead atoms. The molecular weight excluding hydrogens is 456 g/mol. The number of hydrogen-bond acceptors (Lipinski definition) is 8. The maximum absolute atomic E-state index is 12.1. The predicted molar refractivity (Wildman–Crippen MR) is 129 cm³/mol. The Kier molecular flexibility index (Phi) is 12.6. The fourth-order valence-electron chi connectivity index (χ4n) is 4.59. The molecule has 2 saturated heterocycles. The first-order valence-corrected chi connectivity index (χ1v) is 13.0. The van der Waals surface area contributed by atoms with Crippen LogP contribution >= 0.6 is 0 Å². The Hall–Kier alpha value is -1.52. The number of rotatable bonds is 16. The molecule has 0 aromatic heterocycles. The van der Waals surface area contributed by atoms with Crippen LogP contribution in [0.1, 0.15) is 78.6 Å². The lowest BCUT2D eigenvalue weighted by Crippen LogP contribution is -2.50. The Bertz CT molecular complexity index is 692. The number of carboxylic acid groups (broad SMARTS) is 1. The van der Waals surface area contributed by atoms with Crippen molar-refractivity contribution in [2.24, 2.45) is 11.8 Å². The van der Waals surface area contributed by atoms with E-state index in [0.29, 0.717) is 38.0 Å². The number of aliphatic hydroxyl groups excluding tert-OH is 3. The molecule has 9 nitrogen and oxygen atoms in total. The zero-order valence-corrected chi connectivity index (χ0v) is 21.3. The van der Waals surface area contributed by atoms with Gasteiger partial charge in [0.05, 0.1) is 43.7 Å². The van der Waals surface area contributed by atoms with Crippen LogP contribution in [0.15, 0.2) is 11.6 Å². The van der Waals surface area contributed by atoms with Gasteiger partial charge in [0.1, 0.15) is 6.10 Å². The second-order valence-electron chi connectivity index (χ2n) is 10.2. The largest absolute Gasteiger partial charge is 0.481 e. The quantitative estimate of drug-likeness (QED) is 0.109. The first-order valence-electron chi connectivity index (χ1n) is 13.0. The van der Waals surface area contributed by atoms with Crippen molar-refractivity contribution in [3.63, 3.8) is 0 Å². The van der Waals surface area contributed by atoms with Crippen LogP contribution in [0.3, 0.4) is 0 Å². The summed E-state index contributed by atoms with van der Waals surface area (Å²) in [6, 6.07) is 0. The number of carbonyl (C=O) groups excluding carboxylic acids is 1. The summed E-state index contributed by atoms with van der Waals surface area (Å²) in [5.74, 6) is -1.42. The summed E-state index contributed by atoms with van der Waals surface area (Å²) in [6.07, 6.45) is 4.61. The van der Waals surface area contributed by atoms with E-state index in [9.17, 15) is 24.9 Å². The summed E-state index contributed by atoms with van der Waals surface area (Å²) in [5.41, 5.74) is 0.708. The number of hydrogen-bond donors (Lipinski definition) is 4. The Morgan fingerprint density at radius 1 is 1.03 bits per heavy atom. The van der Waals surface area contributed by atoms with Gasteiger partial charge >= 0.3 is 11.9 Å². The molecule has 0 amide bonds. The predicted octanol–water partition coefficient (Wildman–Crippen LogP) is 2.59. The van der Waals surface area contributed by atoms with Crippen LogP contribution in [0.5, 0.6) is 0 Å². The zero-order valence-electron chi connectivity index (χ0n) is 21.3. The maximum atomic E-state index is 12.1. The van der Waals surface area contributed by atoms with Crippen LogP contribution in [0.25, 0.3) is 0 Å². The van der Waals surface area contributed by atoms with Gasteiger partial charge in [-0.3, -0.25) is 4.79 Å². The van der Waals surface area contributed by atoms with Crippen LogP contribution in [-0.2, 0) is 23.8 Å². The van der Waals surface area contributed by atoms with Crippen LogP contribution in [0, 0.1) is 11.8 Å². The smallest absolute Gasteiger partial charge is 0.330 e. The minimum atomic E-state index is -1.06. The van der Waals surface area contributed by atoms with Gasteiger partial charge in [-0.25, -0.2) is 4.79 Å². The van der Waals surface area contributed by atoms with Crippen molar-refractivity contribution in [2.45, 2.75) is 115 Å². The van der Waals surface area contributed by atoms with E-state index in [4.69, 9.17) is 19.3 Å². The van der Waals surface area contributed by atoms with E-state index < -0.39 is 36.4 Å². The standard InChI is InChI=1S/C26H44O9/c1-16(13-23(30)33-11-9-7-5-4-6-8-10-22(28)29)12-20-25(32)24(31)19(15-34-20)14-21-26(35-21)17(2)18(3)27/h13,17-21,24-27,31-32H,4-12,14-15H2,1-3H3,(H,28,29)/b16-13+/t17-,18-,19-,20-,21+,24-,25+,26+/m1/s1. The molecule has 2 aliphatic heterocycles. The van der Waals surface area contributed by atoms with E-state index in [0.717, 1.165) is 32.1 Å². The molecule has 2 aliphatic rings. The van der Waals surface area contributed by atoms with E-state index >= 15 is 0 Å². The molecule has 0 spiro atoms. The van der Waals surface area contributed by atoms with Gasteiger partial charge < -0.3 is 34.6 Å². The minimum Gasteiger partial charge on any atom is -0.481 e. The first-order chi connectivity index (χ1) is 16.6. The molecule has 0 aromatic rings. The van der Waals surface area contributed by atoms with Gasteiger partial charge in [-0.05, 0) is 39.5 Å². The number of aliphatic carboxylic acids is 1. The van der Waals surface area contributed by atoms with E-state index in [1.54, 1.807) is 13.8 Å². The highest BCUT2D eigenvalue weighted by Crippen LogP contribution is 2.38. The van der Waals surface area contributed by atoms with Crippen LogP contribution in [0.2, 0.25) is 0 Å². The maximum Gasteiger partial charge on any atom is 0.330 e. The number of unbranched alkanes of at least 4 members (excludes halogenated alkanes) is 5. The lowest BCUT2D eigenvalue weighted by molar-refractivity contribution is -0.165. The molecule has 0 aliphatic carbocycles. The van der Waals surface area contributed by atoms with Crippen molar-refractivity contribution < 1.29 is 44.2 Å². The van der Waals surface area contributed by atoms with Gasteiger partial charge in [-0.15, -0.1) is 0 Å². The number of carboxylic acids is 1. The molecule has 4 N–H and O–H groups in total. The molecule has 9 heteroatoms. The van der Waals surface area contributed by atoms with Crippen LogP contribution in [-0.4, -0.2) is 82.2 Å². The number of aliphatic hydroxyl groups is 3. The van der Waals surface area contributed by atoms with Gasteiger partial charge in [0.2, 0.25) is 0 Å². The molecular formula is C26H44O9. The molecule has 2 rings (SSSR count). The van der Waals surface area contributed by atoms with E-state index in [1.165, 1.54) is 6.08 Å². The summed E-state index contributed by atoms with van der Waals surface area (Å²) < 4.78 is 16.7. The highest BCUT2D eigenvalue weighted by Gasteiger charge is 2.48. The average molecular weight is 501 g/mol. The van der Waals surface area contributed by atoms with Gasteiger partial charge in [0, 0.05) is 24.3 Å². The second kappa shape index (κ2) is 14.9. The third kappa shape index (κ3) is 10.6. The average Bonchev–Trinajstić information content (AvgIpc) is 3.55. The normalized spacial score (nSPS) is 30.5. The van der Waals surface area contributed by atoms with Crippen molar-refractivity contribution >= 4 is 11.9 Å². The van der Waals surface area contributed by atoms with Gasteiger partial charge in [0.15, 0.2) is 0 Å². The molecule has 0 unspecified atom stereocenters. The van der Waals surface area contributed by atoms with Gasteiger partial charge in [-0.1, -0.05) is 38.2 Å². The SMILES string of the molecule is C/C(=C\C(=O)OCCCCCCCCC(=O)O)C[C@H]1OC[C@@H](C[C@@H]2O[C@H]2[C@H](C)[C@@H](C)O)[C@@H](O)[C@H]1O. The lowest BCUT2D eigenvalue weighted by atomic mass is 9.85. The molecule has 8 atom stereocenters. The Morgan fingerprint density at radius 3 is 2.34 bits per heavy atom. The molecule has 35 heavy (non-hydrogen) atoms. The first kappa shape index (κ1) is 29.7. The van der Waals surface area contributed by atoms with Gasteiger partial charge in [-0.2, -0.15) is 0 Å².